The summed E-state index contributed by atoms with van der Waals surface area (Å²) in [5.74, 6) is 1.13. The Morgan fingerprint density at radius 1 is 1.00 bits per heavy atom. The molecule has 0 saturated carbocycles. The fourth-order valence-corrected chi connectivity index (χ4v) is 3.00. The minimum Gasteiger partial charge on any atom is -0.411 e. The largest absolute Gasteiger partial charge is 0.411 e. The molecule has 0 aliphatic heterocycles. The van der Waals surface area contributed by atoms with E-state index >= 15 is 0 Å². The zero-order valence-corrected chi connectivity index (χ0v) is 13.1. The molecule has 0 fully saturated rings. The van der Waals surface area contributed by atoms with Crippen LogP contribution in [-0.4, -0.2) is 10.2 Å². The highest BCUT2D eigenvalue weighted by Crippen LogP contribution is 2.28. The van der Waals surface area contributed by atoms with Gasteiger partial charge in [-0.05, 0) is 29.8 Å². The average Bonchev–Trinajstić information content (AvgIpc) is 2.95. The molecule has 0 unspecified atom stereocenters. The third kappa shape index (κ3) is 3.59. The molecule has 1 aromatic heterocycles. The summed E-state index contributed by atoms with van der Waals surface area (Å²) in [6.07, 6.45) is 0. The number of hydrogen-bond acceptors (Lipinski definition) is 4. The van der Waals surface area contributed by atoms with Crippen molar-refractivity contribution >= 4 is 35.0 Å². The Morgan fingerprint density at radius 3 is 2.67 bits per heavy atom. The third-order valence-electron chi connectivity index (χ3n) is 2.79. The zero-order valence-electron chi connectivity index (χ0n) is 10.8. The van der Waals surface area contributed by atoms with Crippen LogP contribution in [0.25, 0.3) is 11.5 Å². The van der Waals surface area contributed by atoms with Gasteiger partial charge in [0.1, 0.15) is 0 Å². The third-order valence-corrected chi connectivity index (χ3v) is 4.26. The summed E-state index contributed by atoms with van der Waals surface area (Å²) < 4.78 is 5.63. The van der Waals surface area contributed by atoms with Crippen LogP contribution in [0.5, 0.6) is 0 Å². The standard InChI is InChI=1S/C15H10Cl2N2OS/c16-12-6-3-5-10(8-12)14-18-19-15(20-14)21-9-11-4-1-2-7-13(11)17/h1-8H,9H2. The molecule has 0 bridgehead atoms. The number of hydrogen-bond donors (Lipinski definition) is 0. The van der Waals surface area contributed by atoms with Gasteiger partial charge < -0.3 is 4.42 Å². The fourth-order valence-electron chi connectivity index (χ4n) is 1.76. The molecule has 0 amide bonds. The maximum Gasteiger partial charge on any atom is 0.277 e. The molecule has 0 saturated heterocycles. The molecule has 0 atom stereocenters. The molecule has 2 aromatic carbocycles. The first-order chi connectivity index (χ1) is 10.2. The second kappa shape index (κ2) is 6.52. The molecule has 0 radical (unpaired) electrons. The van der Waals surface area contributed by atoms with Gasteiger partial charge >= 0.3 is 0 Å². The Labute approximate surface area is 136 Å². The minimum atomic E-state index is 0.458. The molecule has 3 nitrogen and oxygen atoms in total. The van der Waals surface area contributed by atoms with Crippen LogP contribution >= 0.6 is 35.0 Å². The van der Waals surface area contributed by atoms with Gasteiger partial charge in [-0.25, -0.2) is 0 Å². The van der Waals surface area contributed by atoms with E-state index in [0.717, 1.165) is 16.1 Å². The second-order valence-corrected chi connectivity index (χ2v) is 6.03. The number of halogens is 2. The van der Waals surface area contributed by atoms with Crippen LogP contribution in [0.3, 0.4) is 0 Å². The van der Waals surface area contributed by atoms with Crippen molar-refractivity contribution in [1.29, 1.82) is 0 Å². The monoisotopic (exact) mass is 336 g/mol. The molecule has 0 N–H and O–H groups in total. The van der Waals surface area contributed by atoms with Crippen LogP contribution in [0.1, 0.15) is 5.56 Å². The molecule has 3 rings (SSSR count). The van der Waals surface area contributed by atoms with Crippen molar-refractivity contribution < 1.29 is 4.42 Å². The first-order valence-corrected chi connectivity index (χ1v) is 7.92. The molecule has 1 heterocycles. The van der Waals surface area contributed by atoms with Gasteiger partial charge in [0.25, 0.3) is 5.22 Å². The average molecular weight is 337 g/mol. The highest BCUT2D eigenvalue weighted by atomic mass is 35.5. The molecule has 21 heavy (non-hydrogen) atoms. The molecular formula is C15H10Cl2N2OS. The highest BCUT2D eigenvalue weighted by Gasteiger charge is 2.10. The minimum absolute atomic E-state index is 0.458. The van der Waals surface area contributed by atoms with E-state index in [1.165, 1.54) is 11.8 Å². The van der Waals surface area contributed by atoms with Gasteiger partial charge in [0.05, 0.1) is 0 Å². The van der Waals surface area contributed by atoms with Crippen LogP contribution in [0.4, 0.5) is 0 Å². The number of rotatable bonds is 4. The van der Waals surface area contributed by atoms with E-state index in [0.29, 0.717) is 21.9 Å². The van der Waals surface area contributed by atoms with Gasteiger partial charge in [0, 0.05) is 21.4 Å². The van der Waals surface area contributed by atoms with Crippen molar-refractivity contribution in [2.75, 3.05) is 0 Å². The summed E-state index contributed by atoms with van der Waals surface area (Å²) in [6.45, 7) is 0. The van der Waals surface area contributed by atoms with E-state index in [9.17, 15) is 0 Å². The van der Waals surface area contributed by atoms with Crippen molar-refractivity contribution in [3.05, 3.63) is 64.1 Å². The summed E-state index contributed by atoms with van der Waals surface area (Å²) in [6, 6.07) is 15.0. The quantitative estimate of drug-likeness (QED) is 0.603. The Bertz CT molecular complexity index is 761. The van der Waals surface area contributed by atoms with Crippen LogP contribution in [0, 0.1) is 0 Å². The van der Waals surface area contributed by atoms with Crippen LogP contribution < -0.4 is 0 Å². The van der Waals surface area contributed by atoms with E-state index in [1.54, 1.807) is 12.1 Å². The summed E-state index contributed by atoms with van der Waals surface area (Å²) in [5, 5.41) is 9.94. The van der Waals surface area contributed by atoms with Gasteiger partial charge in [-0.2, -0.15) is 0 Å². The van der Waals surface area contributed by atoms with E-state index in [2.05, 4.69) is 10.2 Å². The fraction of sp³-hybridized carbons (Fsp3) is 0.0667. The van der Waals surface area contributed by atoms with Gasteiger partial charge in [0.2, 0.25) is 5.89 Å². The van der Waals surface area contributed by atoms with E-state index in [4.69, 9.17) is 27.6 Å². The first-order valence-electron chi connectivity index (χ1n) is 6.18. The van der Waals surface area contributed by atoms with Gasteiger partial charge in [-0.15, -0.1) is 10.2 Å². The van der Waals surface area contributed by atoms with Crippen LogP contribution in [-0.2, 0) is 5.75 Å². The Kier molecular flexibility index (Phi) is 4.48. The molecule has 106 valence electrons. The lowest BCUT2D eigenvalue weighted by atomic mass is 10.2. The summed E-state index contributed by atoms with van der Waals surface area (Å²) >= 11 is 13.5. The lowest BCUT2D eigenvalue weighted by Crippen LogP contribution is -1.81. The molecule has 0 aliphatic rings. The zero-order chi connectivity index (χ0) is 14.7. The van der Waals surface area contributed by atoms with Gasteiger partial charge in [-0.3, -0.25) is 0 Å². The highest BCUT2D eigenvalue weighted by molar-refractivity contribution is 7.98. The molecule has 0 aliphatic carbocycles. The topological polar surface area (TPSA) is 38.9 Å². The van der Waals surface area contributed by atoms with Crippen molar-refractivity contribution in [2.45, 2.75) is 11.0 Å². The lowest BCUT2D eigenvalue weighted by molar-refractivity contribution is 0.466. The Hall–Kier alpha value is -1.49. The molecular weight excluding hydrogens is 327 g/mol. The van der Waals surface area contributed by atoms with Crippen LogP contribution in [0.15, 0.2) is 58.2 Å². The van der Waals surface area contributed by atoms with Gasteiger partial charge in [-0.1, -0.05) is 59.2 Å². The Balaban J connectivity index is 1.72. The number of aromatic nitrogens is 2. The van der Waals surface area contributed by atoms with Gasteiger partial charge in [0.15, 0.2) is 0 Å². The number of nitrogens with zero attached hydrogens (tertiary/aromatic N) is 2. The Morgan fingerprint density at radius 2 is 1.86 bits per heavy atom. The number of benzene rings is 2. The molecule has 6 heteroatoms. The van der Waals surface area contributed by atoms with E-state index in [-0.39, 0.29) is 0 Å². The van der Waals surface area contributed by atoms with Crippen molar-refractivity contribution in [2.24, 2.45) is 0 Å². The number of thioether (sulfide) groups is 1. The van der Waals surface area contributed by atoms with E-state index < -0.39 is 0 Å². The van der Waals surface area contributed by atoms with Crippen molar-refractivity contribution in [3.63, 3.8) is 0 Å². The van der Waals surface area contributed by atoms with Crippen molar-refractivity contribution in [1.82, 2.24) is 10.2 Å². The SMILES string of the molecule is Clc1cccc(-c2nnc(SCc3ccccc3Cl)o2)c1. The maximum absolute atomic E-state index is 6.11. The summed E-state index contributed by atoms with van der Waals surface area (Å²) in [4.78, 5) is 0. The lowest BCUT2D eigenvalue weighted by Gasteiger charge is -2.00. The molecule has 3 aromatic rings. The predicted molar refractivity (Wildman–Crippen MR) is 85.8 cm³/mol. The smallest absolute Gasteiger partial charge is 0.277 e. The summed E-state index contributed by atoms with van der Waals surface area (Å²) in [5.41, 5.74) is 1.84. The predicted octanol–water partition coefficient (Wildman–Crippen LogP) is 5.34. The summed E-state index contributed by atoms with van der Waals surface area (Å²) in [7, 11) is 0. The van der Waals surface area contributed by atoms with E-state index in [1.807, 2.05) is 36.4 Å². The molecule has 0 spiro atoms. The second-order valence-electron chi connectivity index (χ2n) is 4.26. The first kappa shape index (κ1) is 14.4. The van der Waals surface area contributed by atoms with Crippen molar-refractivity contribution in [3.8, 4) is 11.5 Å². The normalized spacial score (nSPS) is 10.8. The maximum atomic E-state index is 6.11. The van der Waals surface area contributed by atoms with Crippen LogP contribution in [0.2, 0.25) is 10.0 Å².